The van der Waals surface area contributed by atoms with Gasteiger partial charge in [0, 0.05) is 26.2 Å². The Balaban J connectivity index is 0.00000172. The second-order valence-electron chi connectivity index (χ2n) is 4.53. The number of likely N-dealkylation sites (N-methyl/N-ethyl adjacent to an activating group) is 1. The second-order valence-corrected chi connectivity index (χ2v) is 4.53. The Morgan fingerprint density at radius 1 is 1.25 bits per heavy atom. The van der Waals surface area contributed by atoms with Crippen molar-refractivity contribution < 1.29 is 9.53 Å². The van der Waals surface area contributed by atoms with Crippen LogP contribution in [0.5, 0.6) is 0 Å². The van der Waals surface area contributed by atoms with Crippen molar-refractivity contribution in [3.63, 3.8) is 0 Å². The molecule has 0 aromatic carbocycles. The lowest BCUT2D eigenvalue weighted by atomic mass is 10.2. The molecule has 0 N–H and O–H groups in total. The van der Waals surface area contributed by atoms with Crippen LogP contribution in [0.1, 0.15) is 20.8 Å². The van der Waals surface area contributed by atoms with E-state index in [2.05, 4.69) is 25.1 Å². The molecule has 0 aromatic rings. The van der Waals surface area contributed by atoms with Crippen molar-refractivity contribution in [3.8, 4) is 0 Å². The molecule has 1 amide bonds. The summed E-state index contributed by atoms with van der Waals surface area (Å²) >= 11 is 0. The zero-order chi connectivity index (χ0) is 15.5. The van der Waals surface area contributed by atoms with Gasteiger partial charge in [-0.15, -0.1) is 0 Å². The Morgan fingerprint density at radius 2 is 1.80 bits per heavy atom. The minimum Gasteiger partial charge on any atom is -0.484 e. The molecule has 1 saturated heterocycles. The van der Waals surface area contributed by atoms with Crippen LogP contribution in [0.15, 0.2) is 36.6 Å². The fraction of sp³-hybridized carbons (Fsp3) is 0.562. The van der Waals surface area contributed by atoms with Gasteiger partial charge in [-0.25, -0.2) is 0 Å². The van der Waals surface area contributed by atoms with Gasteiger partial charge in [0.2, 0.25) is 0 Å². The molecule has 4 heteroatoms. The normalized spacial score (nSPS) is 16.0. The minimum atomic E-state index is 0.0221. The molecule has 1 fully saturated rings. The first kappa shape index (κ1) is 18.4. The van der Waals surface area contributed by atoms with Crippen molar-refractivity contribution in [3.05, 3.63) is 36.6 Å². The number of allylic oxidation sites excluding steroid dienone is 3. The van der Waals surface area contributed by atoms with Crippen molar-refractivity contribution in [2.75, 3.05) is 39.8 Å². The number of piperazine rings is 1. The summed E-state index contributed by atoms with van der Waals surface area (Å²) in [6.45, 7) is 16.7. The molecule has 0 saturated carbocycles. The van der Waals surface area contributed by atoms with Gasteiger partial charge < -0.3 is 14.5 Å². The van der Waals surface area contributed by atoms with Crippen LogP contribution in [0.25, 0.3) is 0 Å². The molecular formula is C16H28N2O2. The monoisotopic (exact) mass is 280 g/mol. The van der Waals surface area contributed by atoms with Crippen LogP contribution < -0.4 is 0 Å². The van der Waals surface area contributed by atoms with E-state index in [1.54, 1.807) is 12.2 Å². The maximum absolute atomic E-state index is 11.9. The Kier molecular flexibility index (Phi) is 9.47. The number of rotatable bonds is 5. The molecule has 0 unspecified atom stereocenters. The van der Waals surface area contributed by atoms with E-state index in [1.165, 1.54) is 0 Å². The first-order chi connectivity index (χ1) is 9.52. The summed E-state index contributed by atoms with van der Waals surface area (Å²) in [5.74, 6) is 0.517. The van der Waals surface area contributed by atoms with Gasteiger partial charge in [-0.1, -0.05) is 33.1 Å². The summed E-state index contributed by atoms with van der Waals surface area (Å²) < 4.78 is 5.33. The van der Waals surface area contributed by atoms with E-state index >= 15 is 0 Å². The molecule has 0 radical (unpaired) electrons. The van der Waals surface area contributed by atoms with Gasteiger partial charge in [0.15, 0.2) is 6.61 Å². The predicted octanol–water partition coefficient (Wildman–Crippen LogP) is 2.45. The molecule has 1 aliphatic rings. The highest BCUT2D eigenvalue weighted by Gasteiger charge is 2.19. The summed E-state index contributed by atoms with van der Waals surface area (Å²) in [6.07, 6.45) is 3.49. The van der Waals surface area contributed by atoms with Gasteiger partial charge in [0.1, 0.15) is 5.76 Å². The lowest BCUT2D eigenvalue weighted by Gasteiger charge is -2.32. The van der Waals surface area contributed by atoms with Crippen molar-refractivity contribution >= 4 is 5.91 Å². The van der Waals surface area contributed by atoms with Gasteiger partial charge in [-0.05, 0) is 25.6 Å². The minimum absolute atomic E-state index is 0.0221. The Hall–Kier alpha value is -1.55. The van der Waals surface area contributed by atoms with Gasteiger partial charge in [-0.3, -0.25) is 4.79 Å². The molecule has 0 bridgehead atoms. The van der Waals surface area contributed by atoms with E-state index in [9.17, 15) is 4.79 Å². The molecule has 4 nitrogen and oxygen atoms in total. The highest BCUT2D eigenvalue weighted by atomic mass is 16.5. The summed E-state index contributed by atoms with van der Waals surface area (Å²) in [4.78, 5) is 15.9. The summed E-state index contributed by atoms with van der Waals surface area (Å²) in [7, 11) is 2.06. The van der Waals surface area contributed by atoms with E-state index in [0.717, 1.165) is 31.8 Å². The van der Waals surface area contributed by atoms with E-state index in [-0.39, 0.29) is 12.5 Å². The highest BCUT2D eigenvalue weighted by molar-refractivity contribution is 5.77. The number of carbonyl (C=O) groups excluding carboxylic acids is 1. The zero-order valence-corrected chi connectivity index (χ0v) is 13.3. The highest BCUT2D eigenvalue weighted by Crippen LogP contribution is 2.05. The van der Waals surface area contributed by atoms with E-state index < -0.39 is 0 Å². The maximum Gasteiger partial charge on any atom is 0.260 e. The molecule has 1 rings (SSSR count). The number of hydrogen-bond acceptors (Lipinski definition) is 3. The standard InChI is InChI=1S/C14H22N2O2.C2H6/c1-5-12(2)10-13(3)18-11-14(17)16-8-6-15(4)7-9-16;1-2/h5,10H,1,3,6-9,11H2,2,4H3;1-2H3/b12-10-;. The average molecular weight is 280 g/mol. The van der Waals surface area contributed by atoms with E-state index in [4.69, 9.17) is 4.74 Å². The topological polar surface area (TPSA) is 32.8 Å². The number of amides is 1. The molecule has 0 aromatic heterocycles. The average Bonchev–Trinajstić information content (AvgIpc) is 2.47. The molecule has 20 heavy (non-hydrogen) atoms. The SMILES string of the molecule is C=C/C(C)=C\C(=C)OCC(=O)N1CCN(C)CC1.CC. The predicted molar refractivity (Wildman–Crippen MR) is 84.5 cm³/mol. The van der Waals surface area contributed by atoms with Crippen molar-refractivity contribution in [2.24, 2.45) is 0 Å². The third-order valence-corrected chi connectivity index (χ3v) is 2.95. The Bertz CT molecular complexity index is 353. The number of nitrogens with zero attached hydrogens (tertiary/aromatic N) is 2. The van der Waals surface area contributed by atoms with Crippen molar-refractivity contribution in [1.29, 1.82) is 0 Å². The van der Waals surface area contributed by atoms with Crippen LogP contribution in [-0.2, 0) is 9.53 Å². The van der Waals surface area contributed by atoms with Crippen LogP contribution in [0, 0.1) is 0 Å². The quantitative estimate of drug-likeness (QED) is 0.573. The smallest absolute Gasteiger partial charge is 0.260 e. The summed E-state index contributed by atoms with van der Waals surface area (Å²) in [5.41, 5.74) is 0.965. The van der Waals surface area contributed by atoms with Crippen LogP contribution in [-0.4, -0.2) is 55.5 Å². The van der Waals surface area contributed by atoms with Crippen LogP contribution in [0.4, 0.5) is 0 Å². The first-order valence-corrected chi connectivity index (χ1v) is 7.11. The summed E-state index contributed by atoms with van der Waals surface area (Å²) in [5, 5.41) is 0. The zero-order valence-electron chi connectivity index (χ0n) is 13.3. The second kappa shape index (κ2) is 10.3. The third-order valence-electron chi connectivity index (χ3n) is 2.95. The van der Waals surface area contributed by atoms with Crippen LogP contribution in [0.2, 0.25) is 0 Å². The largest absolute Gasteiger partial charge is 0.484 e. The van der Waals surface area contributed by atoms with E-state index in [0.29, 0.717) is 5.76 Å². The number of hydrogen-bond donors (Lipinski definition) is 0. The van der Waals surface area contributed by atoms with Gasteiger partial charge in [0.05, 0.1) is 0 Å². The van der Waals surface area contributed by atoms with E-state index in [1.807, 2.05) is 25.7 Å². The summed E-state index contributed by atoms with van der Waals surface area (Å²) in [6, 6.07) is 0. The maximum atomic E-state index is 11.9. The number of ether oxygens (including phenoxy) is 1. The molecule has 0 atom stereocenters. The fourth-order valence-corrected chi connectivity index (χ4v) is 1.66. The molecular weight excluding hydrogens is 252 g/mol. The lowest BCUT2D eigenvalue weighted by molar-refractivity contribution is -0.136. The molecule has 1 aliphatic heterocycles. The first-order valence-electron chi connectivity index (χ1n) is 7.11. The van der Waals surface area contributed by atoms with Crippen LogP contribution in [0.3, 0.4) is 0 Å². The third kappa shape index (κ3) is 7.14. The Labute approximate surface area is 123 Å². The molecule has 0 spiro atoms. The molecule has 114 valence electrons. The molecule has 0 aliphatic carbocycles. The lowest BCUT2D eigenvalue weighted by Crippen LogP contribution is -2.48. The molecule has 1 heterocycles. The van der Waals surface area contributed by atoms with Gasteiger partial charge >= 0.3 is 0 Å². The fourth-order valence-electron chi connectivity index (χ4n) is 1.66. The number of carbonyl (C=O) groups is 1. The van der Waals surface area contributed by atoms with Crippen molar-refractivity contribution in [1.82, 2.24) is 9.80 Å². The Morgan fingerprint density at radius 3 is 2.30 bits per heavy atom. The van der Waals surface area contributed by atoms with Crippen molar-refractivity contribution in [2.45, 2.75) is 20.8 Å². The van der Waals surface area contributed by atoms with Gasteiger partial charge in [-0.2, -0.15) is 0 Å². The van der Waals surface area contributed by atoms with Gasteiger partial charge in [0.25, 0.3) is 5.91 Å². The van der Waals surface area contributed by atoms with Crippen LogP contribution >= 0.6 is 0 Å².